The van der Waals surface area contributed by atoms with E-state index in [0.717, 1.165) is 6.42 Å². The maximum atomic E-state index is 12.7. The third-order valence-corrected chi connectivity index (χ3v) is 2.78. The van der Waals surface area contributed by atoms with Gasteiger partial charge in [0.05, 0.1) is 6.10 Å². The number of amides is 1. The number of benzene rings is 1. The van der Waals surface area contributed by atoms with Crippen LogP contribution in [0, 0.1) is 11.7 Å². The van der Waals surface area contributed by atoms with E-state index >= 15 is 0 Å². The summed E-state index contributed by atoms with van der Waals surface area (Å²) in [6.07, 6.45) is -0.0398. The number of aliphatic hydroxyl groups is 1. The van der Waals surface area contributed by atoms with Crippen LogP contribution < -0.4 is 5.32 Å². The minimum absolute atomic E-state index is 0.0598. The van der Waals surface area contributed by atoms with E-state index in [2.05, 4.69) is 5.32 Å². The molecule has 1 amide bonds. The van der Waals surface area contributed by atoms with E-state index < -0.39 is 6.10 Å². The summed E-state index contributed by atoms with van der Waals surface area (Å²) in [6.45, 7) is 3.91. The van der Waals surface area contributed by atoms with Gasteiger partial charge in [-0.1, -0.05) is 26.0 Å². The molecule has 0 bridgehead atoms. The second-order valence-electron chi connectivity index (χ2n) is 4.12. The zero-order valence-electron chi connectivity index (χ0n) is 10.1. The Morgan fingerprint density at radius 2 is 2.00 bits per heavy atom. The van der Waals surface area contributed by atoms with Crippen molar-refractivity contribution in [1.29, 1.82) is 0 Å². The first-order valence-corrected chi connectivity index (χ1v) is 5.75. The number of carbonyl (C=O) groups is 1. The van der Waals surface area contributed by atoms with Gasteiger partial charge in [-0.15, -0.1) is 0 Å². The van der Waals surface area contributed by atoms with Crippen molar-refractivity contribution in [2.75, 3.05) is 6.54 Å². The van der Waals surface area contributed by atoms with Gasteiger partial charge in [0.25, 0.3) is 0 Å². The molecule has 94 valence electrons. The maximum Gasteiger partial charge on any atom is 0.222 e. The molecule has 2 atom stereocenters. The van der Waals surface area contributed by atoms with Crippen molar-refractivity contribution in [3.8, 4) is 0 Å². The average Bonchev–Trinajstić information content (AvgIpc) is 2.35. The fraction of sp³-hybridized carbons (Fsp3) is 0.462. The molecular weight excluding hydrogens is 221 g/mol. The Labute approximate surface area is 101 Å². The quantitative estimate of drug-likeness (QED) is 0.826. The van der Waals surface area contributed by atoms with Gasteiger partial charge in [0, 0.05) is 12.5 Å². The molecule has 0 aliphatic rings. The number of hydrogen-bond acceptors (Lipinski definition) is 2. The fourth-order valence-corrected chi connectivity index (χ4v) is 1.36. The highest BCUT2D eigenvalue weighted by Gasteiger charge is 2.13. The largest absolute Gasteiger partial charge is 0.387 e. The van der Waals surface area contributed by atoms with Crippen LogP contribution in [-0.4, -0.2) is 17.6 Å². The van der Waals surface area contributed by atoms with E-state index in [0.29, 0.717) is 5.56 Å². The predicted octanol–water partition coefficient (Wildman–Crippen LogP) is 2.02. The van der Waals surface area contributed by atoms with Crippen molar-refractivity contribution in [1.82, 2.24) is 5.32 Å². The van der Waals surface area contributed by atoms with E-state index in [1.54, 1.807) is 0 Å². The Morgan fingerprint density at radius 3 is 2.53 bits per heavy atom. The smallest absolute Gasteiger partial charge is 0.222 e. The van der Waals surface area contributed by atoms with Crippen LogP contribution in [0.1, 0.15) is 31.9 Å². The van der Waals surface area contributed by atoms with E-state index in [1.165, 1.54) is 24.3 Å². The lowest BCUT2D eigenvalue weighted by atomic mass is 10.1. The summed E-state index contributed by atoms with van der Waals surface area (Å²) in [4.78, 5) is 11.5. The zero-order valence-corrected chi connectivity index (χ0v) is 10.1. The van der Waals surface area contributed by atoms with Crippen LogP contribution in [0.2, 0.25) is 0 Å². The van der Waals surface area contributed by atoms with E-state index in [9.17, 15) is 14.3 Å². The Bertz CT molecular complexity index is 364. The van der Waals surface area contributed by atoms with Crippen molar-refractivity contribution in [2.24, 2.45) is 5.92 Å². The summed E-state index contributed by atoms with van der Waals surface area (Å²) in [7, 11) is 0. The van der Waals surface area contributed by atoms with Gasteiger partial charge in [-0.05, 0) is 24.1 Å². The summed E-state index contributed by atoms with van der Waals surface area (Å²) in [5, 5.41) is 12.4. The molecule has 0 aliphatic carbocycles. The number of rotatable bonds is 5. The molecule has 3 nitrogen and oxygen atoms in total. The van der Waals surface area contributed by atoms with Crippen LogP contribution in [0.5, 0.6) is 0 Å². The maximum absolute atomic E-state index is 12.7. The third-order valence-electron chi connectivity index (χ3n) is 2.78. The molecule has 0 spiro atoms. The molecule has 2 N–H and O–H groups in total. The van der Waals surface area contributed by atoms with Crippen LogP contribution in [-0.2, 0) is 4.79 Å². The molecule has 1 rings (SSSR count). The van der Waals surface area contributed by atoms with Crippen LogP contribution >= 0.6 is 0 Å². The van der Waals surface area contributed by atoms with Crippen molar-refractivity contribution in [2.45, 2.75) is 26.4 Å². The van der Waals surface area contributed by atoms with E-state index in [-0.39, 0.29) is 24.2 Å². The van der Waals surface area contributed by atoms with Gasteiger partial charge in [-0.3, -0.25) is 4.79 Å². The van der Waals surface area contributed by atoms with Crippen molar-refractivity contribution < 1.29 is 14.3 Å². The Hall–Kier alpha value is -1.42. The summed E-state index contributed by atoms with van der Waals surface area (Å²) in [5.41, 5.74) is 0.593. The molecule has 0 aliphatic heterocycles. The molecule has 0 aromatic heterocycles. The van der Waals surface area contributed by atoms with Crippen molar-refractivity contribution in [3.63, 3.8) is 0 Å². The first-order chi connectivity index (χ1) is 8.04. The van der Waals surface area contributed by atoms with Gasteiger partial charge in [-0.25, -0.2) is 4.39 Å². The number of nitrogens with one attached hydrogen (secondary N) is 1. The normalized spacial score (nSPS) is 14.1. The van der Waals surface area contributed by atoms with E-state index in [1.807, 2.05) is 13.8 Å². The molecular formula is C13H18FNO2. The molecule has 0 radical (unpaired) electrons. The Morgan fingerprint density at radius 1 is 1.41 bits per heavy atom. The molecule has 1 aromatic rings. The van der Waals surface area contributed by atoms with Gasteiger partial charge in [-0.2, -0.15) is 0 Å². The summed E-state index contributed by atoms with van der Waals surface area (Å²) >= 11 is 0. The summed E-state index contributed by atoms with van der Waals surface area (Å²) in [5.74, 6) is -0.478. The lowest BCUT2D eigenvalue weighted by Crippen LogP contribution is -2.32. The average molecular weight is 239 g/mol. The highest BCUT2D eigenvalue weighted by molar-refractivity contribution is 5.78. The second kappa shape index (κ2) is 6.35. The van der Waals surface area contributed by atoms with Crippen LogP contribution in [0.3, 0.4) is 0 Å². The molecule has 0 saturated heterocycles. The van der Waals surface area contributed by atoms with Crippen LogP contribution in [0.4, 0.5) is 4.39 Å². The fourth-order valence-electron chi connectivity index (χ4n) is 1.36. The van der Waals surface area contributed by atoms with Crippen molar-refractivity contribution in [3.05, 3.63) is 35.6 Å². The minimum Gasteiger partial charge on any atom is -0.387 e. The lowest BCUT2D eigenvalue weighted by molar-refractivity contribution is -0.125. The highest BCUT2D eigenvalue weighted by Crippen LogP contribution is 2.12. The minimum atomic E-state index is -0.802. The Balaban J connectivity index is 2.47. The summed E-state index contributed by atoms with van der Waals surface area (Å²) < 4.78 is 12.7. The predicted molar refractivity (Wildman–Crippen MR) is 63.8 cm³/mol. The standard InChI is InChI=1S/C13H18FNO2/c1-3-9(2)13(17)15-8-12(16)10-4-6-11(14)7-5-10/h4-7,9,12,16H,3,8H2,1-2H3,(H,15,17). The number of carbonyl (C=O) groups excluding carboxylic acids is 1. The third kappa shape index (κ3) is 4.15. The Kier molecular flexibility index (Phi) is 5.10. The molecule has 0 fully saturated rings. The van der Waals surface area contributed by atoms with Gasteiger partial charge in [0.2, 0.25) is 5.91 Å². The molecule has 0 saturated carbocycles. The van der Waals surface area contributed by atoms with Crippen LogP contribution in [0.25, 0.3) is 0 Å². The van der Waals surface area contributed by atoms with Gasteiger partial charge in [0.15, 0.2) is 0 Å². The van der Waals surface area contributed by atoms with Crippen LogP contribution in [0.15, 0.2) is 24.3 Å². The SMILES string of the molecule is CCC(C)C(=O)NCC(O)c1ccc(F)cc1. The monoisotopic (exact) mass is 239 g/mol. The molecule has 1 aromatic carbocycles. The number of aliphatic hydroxyl groups excluding tert-OH is 1. The first kappa shape index (κ1) is 13.6. The topological polar surface area (TPSA) is 49.3 Å². The molecule has 0 heterocycles. The van der Waals surface area contributed by atoms with E-state index in [4.69, 9.17) is 0 Å². The van der Waals surface area contributed by atoms with Gasteiger partial charge in [0.1, 0.15) is 5.82 Å². The summed E-state index contributed by atoms with van der Waals surface area (Å²) in [6, 6.07) is 5.59. The van der Waals surface area contributed by atoms with Crippen molar-refractivity contribution >= 4 is 5.91 Å². The first-order valence-electron chi connectivity index (χ1n) is 5.75. The van der Waals surface area contributed by atoms with Gasteiger partial charge < -0.3 is 10.4 Å². The van der Waals surface area contributed by atoms with Gasteiger partial charge >= 0.3 is 0 Å². The number of halogens is 1. The molecule has 2 unspecified atom stereocenters. The highest BCUT2D eigenvalue weighted by atomic mass is 19.1. The second-order valence-corrected chi connectivity index (χ2v) is 4.12. The lowest BCUT2D eigenvalue weighted by Gasteiger charge is -2.14. The zero-order chi connectivity index (χ0) is 12.8. The number of hydrogen-bond donors (Lipinski definition) is 2. The molecule has 17 heavy (non-hydrogen) atoms. The molecule has 4 heteroatoms.